The molecule has 0 spiro atoms. The highest BCUT2D eigenvalue weighted by Crippen LogP contribution is 2.46. The highest BCUT2D eigenvalue weighted by molar-refractivity contribution is 8.00. The predicted molar refractivity (Wildman–Crippen MR) is 100 cm³/mol. The van der Waals surface area contributed by atoms with E-state index in [-0.39, 0.29) is 24.5 Å². The van der Waals surface area contributed by atoms with Gasteiger partial charge < -0.3 is 19.9 Å². The third-order valence-corrected chi connectivity index (χ3v) is 6.57. The Balaban J connectivity index is 1.81. The zero-order valence-electron chi connectivity index (χ0n) is 15.1. The van der Waals surface area contributed by atoms with Gasteiger partial charge in [0, 0.05) is 30.2 Å². The molecule has 9 nitrogen and oxygen atoms in total. The molecule has 2 N–H and O–H groups in total. The zero-order chi connectivity index (χ0) is 20.5. The maximum absolute atomic E-state index is 12.9. The highest BCUT2D eigenvalue weighted by Gasteiger charge is 2.66. The second kappa shape index (κ2) is 7.94. The Morgan fingerprint density at radius 1 is 1.43 bits per heavy atom. The first-order valence-electron chi connectivity index (χ1n) is 8.22. The molecular weight excluding hydrogens is 408 g/mol. The Morgan fingerprint density at radius 2 is 2.18 bits per heavy atom. The Labute approximate surface area is 168 Å². The first kappa shape index (κ1) is 20.4. The number of rotatable bonds is 7. The number of nitrogens with zero attached hydrogens (tertiary/aromatic N) is 1. The van der Waals surface area contributed by atoms with E-state index in [1.165, 1.54) is 37.1 Å². The minimum atomic E-state index is -1.63. The van der Waals surface area contributed by atoms with Gasteiger partial charge in [-0.15, -0.1) is 23.1 Å². The number of nitrogens with one attached hydrogen (secondary N) is 1. The smallest absolute Gasteiger partial charge is 0.352 e. The number of carbonyl (C=O) groups excluding carboxylic acids is 3. The fraction of sp³-hybridized carbons (Fsp3) is 0.412. The second-order valence-electron chi connectivity index (χ2n) is 6.12. The van der Waals surface area contributed by atoms with Crippen molar-refractivity contribution in [1.29, 1.82) is 0 Å². The molecule has 2 atom stereocenters. The molecule has 0 bridgehead atoms. The number of amides is 2. The van der Waals surface area contributed by atoms with E-state index < -0.39 is 34.9 Å². The summed E-state index contributed by atoms with van der Waals surface area (Å²) >= 11 is 2.65. The molecular formula is C17H18N2O7S2. The summed E-state index contributed by atoms with van der Waals surface area (Å²) in [5.74, 6) is -2.72. The molecule has 3 heterocycles. The molecule has 28 heavy (non-hydrogen) atoms. The average molecular weight is 426 g/mol. The fourth-order valence-corrected chi connectivity index (χ4v) is 5.19. The summed E-state index contributed by atoms with van der Waals surface area (Å²) in [6.45, 7) is 0.999. The van der Waals surface area contributed by atoms with E-state index in [0.717, 1.165) is 9.78 Å². The molecule has 150 valence electrons. The summed E-state index contributed by atoms with van der Waals surface area (Å²) in [6.07, 6.45) is 0.0901. The Kier molecular flexibility index (Phi) is 5.77. The predicted octanol–water partition coefficient (Wildman–Crippen LogP) is 0.566. The lowest BCUT2D eigenvalue weighted by atomic mass is 9.98. The largest absolute Gasteiger partial charge is 0.477 e. The van der Waals surface area contributed by atoms with Crippen molar-refractivity contribution in [3.63, 3.8) is 0 Å². The second-order valence-corrected chi connectivity index (χ2v) is 8.22. The molecule has 1 saturated heterocycles. The average Bonchev–Trinajstić information content (AvgIpc) is 3.15. The molecule has 1 aromatic heterocycles. The van der Waals surface area contributed by atoms with Crippen molar-refractivity contribution < 1.29 is 33.8 Å². The summed E-state index contributed by atoms with van der Waals surface area (Å²) in [5, 5.41) is 13.3. The number of esters is 1. The van der Waals surface area contributed by atoms with Crippen molar-refractivity contribution in [2.24, 2.45) is 0 Å². The molecule has 11 heteroatoms. The fourth-order valence-electron chi connectivity index (χ4n) is 3.07. The molecule has 0 aromatic carbocycles. The van der Waals surface area contributed by atoms with E-state index in [1.807, 2.05) is 11.4 Å². The first-order valence-corrected chi connectivity index (χ1v) is 10.2. The molecule has 0 radical (unpaired) electrons. The topological polar surface area (TPSA) is 122 Å². The van der Waals surface area contributed by atoms with Crippen LogP contribution in [0.4, 0.5) is 0 Å². The number of carbonyl (C=O) groups is 4. The maximum Gasteiger partial charge on any atom is 0.352 e. The van der Waals surface area contributed by atoms with Gasteiger partial charge in [0.2, 0.25) is 5.91 Å². The quantitative estimate of drug-likeness (QED) is 0.369. The minimum Gasteiger partial charge on any atom is -0.477 e. The monoisotopic (exact) mass is 426 g/mol. The number of fused-ring (bicyclic) bond motifs is 1. The lowest BCUT2D eigenvalue weighted by Gasteiger charge is -2.55. The van der Waals surface area contributed by atoms with Crippen LogP contribution in [0.15, 0.2) is 28.8 Å². The van der Waals surface area contributed by atoms with E-state index in [9.17, 15) is 24.3 Å². The van der Waals surface area contributed by atoms with Gasteiger partial charge in [0.25, 0.3) is 11.6 Å². The van der Waals surface area contributed by atoms with Crippen LogP contribution < -0.4 is 5.32 Å². The number of aliphatic carboxylic acids is 1. The molecule has 2 aliphatic rings. The van der Waals surface area contributed by atoms with Crippen LogP contribution in [0.5, 0.6) is 0 Å². The number of carboxylic acid groups (broad SMARTS) is 1. The van der Waals surface area contributed by atoms with Crippen molar-refractivity contribution in [3.05, 3.63) is 33.7 Å². The van der Waals surface area contributed by atoms with Crippen LogP contribution in [0.25, 0.3) is 0 Å². The standard InChI is InChI=1S/C17H18N2O7S2/c1-9(20)26-7-10-8-28-16-17(25-2,15(24)19(16)13(10)14(22)23)18-12(21)6-11-4-3-5-27-11/h3-5,16H,6-8H2,1-2H3,(H,18,21)(H,22,23)/t16-,17?/m1/s1. The van der Waals surface area contributed by atoms with Crippen molar-refractivity contribution in [2.45, 2.75) is 24.4 Å². The van der Waals surface area contributed by atoms with Crippen molar-refractivity contribution in [3.8, 4) is 0 Å². The number of carboxylic acids is 1. The summed E-state index contributed by atoms with van der Waals surface area (Å²) in [5.41, 5.74) is -1.56. The number of hydrogen-bond acceptors (Lipinski definition) is 8. The molecule has 1 unspecified atom stereocenters. The van der Waals surface area contributed by atoms with Crippen molar-refractivity contribution >= 4 is 46.9 Å². The summed E-state index contributed by atoms with van der Waals surface area (Å²) in [7, 11) is 1.29. The third kappa shape index (κ3) is 3.52. The Hall–Kier alpha value is -2.37. The molecule has 1 fully saturated rings. The maximum atomic E-state index is 12.9. The van der Waals surface area contributed by atoms with E-state index in [2.05, 4.69) is 5.32 Å². The Bertz CT molecular complexity index is 852. The zero-order valence-corrected chi connectivity index (χ0v) is 16.7. The molecule has 3 rings (SSSR count). The lowest BCUT2D eigenvalue weighted by Crippen LogP contribution is -2.80. The van der Waals surface area contributed by atoms with Gasteiger partial charge in [-0.1, -0.05) is 6.07 Å². The molecule has 0 saturated carbocycles. The van der Waals surface area contributed by atoms with Gasteiger partial charge in [0.1, 0.15) is 17.7 Å². The van der Waals surface area contributed by atoms with E-state index in [1.54, 1.807) is 6.07 Å². The highest BCUT2D eigenvalue weighted by atomic mass is 32.2. The minimum absolute atomic E-state index is 0.0901. The number of thioether (sulfide) groups is 1. The van der Waals surface area contributed by atoms with Crippen LogP contribution in [0.1, 0.15) is 11.8 Å². The summed E-state index contributed by atoms with van der Waals surface area (Å²) in [6, 6.07) is 3.63. The normalized spacial score (nSPS) is 23.7. The SMILES string of the molecule is COC1(NC(=O)Cc2cccs2)C(=O)N2C(C(=O)O)=C(COC(C)=O)CS[C@@H]21. The van der Waals surface area contributed by atoms with E-state index in [4.69, 9.17) is 9.47 Å². The number of ether oxygens (including phenoxy) is 2. The van der Waals surface area contributed by atoms with E-state index >= 15 is 0 Å². The summed E-state index contributed by atoms with van der Waals surface area (Å²) < 4.78 is 10.3. The van der Waals surface area contributed by atoms with Gasteiger partial charge in [-0.3, -0.25) is 19.3 Å². The van der Waals surface area contributed by atoms with Gasteiger partial charge in [0.15, 0.2) is 0 Å². The van der Waals surface area contributed by atoms with Crippen LogP contribution in [-0.2, 0) is 35.1 Å². The molecule has 1 aromatic rings. The molecule has 2 amide bonds. The van der Waals surface area contributed by atoms with Gasteiger partial charge >= 0.3 is 11.9 Å². The third-order valence-electron chi connectivity index (χ3n) is 4.32. The van der Waals surface area contributed by atoms with Gasteiger partial charge in [0.05, 0.1) is 6.42 Å². The van der Waals surface area contributed by atoms with Crippen LogP contribution in [0.2, 0.25) is 0 Å². The number of thiophene rings is 1. The number of methoxy groups -OCH3 is 1. The number of hydrogen-bond donors (Lipinski definition) is 2. The van der Waals surface area contributed by atoms with E-state index in [0.29, 0.717) is 5.57 Å². The van der Waals surface area contributed by atoms with Crippen molar-refractivity contribution in [1.82, 2.24) is 10.2 Å². The lowest BCUT2D eigenvalue weighted by molar-refractivity contribution is -0.192. The van der Waals surface area contributed by atoms with Gasteiger partial charge in [-0.05, 0) is 11.4 Å². The van der Waals surface area contributed by atoms with Crippen molar-refractivity contribution in [2.75, 3.05) is 19.5 Å². The number of β-lactam (4-membered cyclic amide) rings is 1. The summed E-state index contributed by atoms with van der Waals surface area (Å²) in [4.78, 5) is 50.0. The molecule has 0 aliphatic carbocycles. The van der Waals surface area contributed by atoms with Crippen LogP contribution in [0, 0.1) is 0 Å². The Morgan fingerprint density at radius 3 is 2.75 bits per heavy atom. The first-order chi connectivity index (χ1) is 13.3. The van der Waals surface area contributed by atoms with Crippen LogP contribution >= 0.6 is 23.1 Å². The van der Waals surface area contributed by atoms with Crippen LogP contribution in [0.3, 0.4) is 0 Å². The molecule has 2 aliphatic heterocycles. The van der Waals surface area contributed by atoms with Crippen LogP contribution in [-0.4, -0.2) is 64.3 Å². The van der Waals surface area contributed by atoms with Gasteiger partial charge in [-0.2, -0.15) is 0 Å². The van der Waals surface area contributed by atoms with Gasteiger partial charge in [-0.25, -0.2) is 4.79 Å².